The number of carbonyl (C=O) groups excluding carboxylic acids is 2. The van der Waals surface area contributed by atoms with E-state index in [-0.39, 0.29) is 45.6 Å². The Morgan fingerprint density at radius 2 is 1.77 bits per heavy atom. The number of nitrogens with zero attached hydrogens (tertiary/aromatic N) is 2. The smallest absolute Gasteiger partial charge is 0.350 e. The van der Waals surface area contributed by atoms with Crippen LogP contribution < -0.4 is 20.7 Å². The fourth-order valence-corrected chi connectivity index (χ4v) is 6.19. The Bertz CT molecular complexity index is 1560. The van der Waals surface area contributed by atoms with E-state index < -0.39 is 50.6 Å². The van der Waals surface area contributed by atoms with E-state index in [0.29, 0.717) is 6.07 Å². The van der Waals surface area contributed by atoms with E-state index in [9.17, 15) is 31.2 Å². The van der Waals surface area contributed by atoms with E-state index in [1.54, 1.807) is 6.07 Å². The van der Waals surface area contributed by atoms with E-state index in [2.05, 4.69) is 15.6 Å². The molecule has 40 heavy (non-hydrogen) atoms. The monoisotopic (exact) mass is 615 g/mol. The van der Waals surface area contributed by atoms with Crippen molar-refractivity contribution in [3.05, 3.63) is 81.6 Å². The summed E-state index contributed by atoms with van der Waals surface area (Å²) in [5.74, 6) is -1.24. The normalized spacial score (nSPS) is 16.2. The third kappa shape index (κ3) is 6.17. The van der Waals surface area contributed by atoms with Crippen molar-refractivity contribution < 1.29 is 31.2 Å². The van der Waals surface area contributed by atoms with Crippen molar-refractivity contribution >= 4 is 56.4 Å². The molecule has 0 spiro atoms. The Morgan fingerprint density at radius 1 is 1.12 bits per heavy atom. The Labute approximate surface area is 237 Å². The summed E-state index contributed by atoms with van der Waals surface area (Å²) in [6.07, 6.45) is -3.42. The number of alkyl halides is 3. The highest BCUT2D eigenvalue weighted by atomic mass is 35.5. The number of pyridine rings is 1. The van der Waals surface area contributed by atoms with Crippen molar-refractivity contribution in [2.24, 2.45) is 5.73 Å². The largest absolute Gasteiger partial charge is 0.416 e. The van der Waals surface area contributed by atoms with Crippen LogP contribution in [0, 0.1) is 0 Å². The van der Waals surface area contributed by atoms with Gasteiger partial charge in [0.2, 0.25) is 5.91 Å². The predicted molar refractivity (Wildman–Crippen MR) is 144 cm³/mol. The average molecular weight is 616 g/mol. The molecule has 2 amide bonds. The standard InChI is InChI=1S/C25H22Cl2F3N5O4S/c1-13(31)23(36)34-16-9-20-21(10-15(11-32-20)33-24(37)22-18(26)6-3-7-19(22)27)35(12-16)40(38,39)17-5-2-4-14(8-17)25(28,29)30/h2-8,10-11,13,16H,9,12,31H2,1H3,(H,33,37)(H,34,36). The van der Waals surface area contributed by atoms with Crippen molar-refractivity contribution in [3.63, 3.8) is 0 Å². The second-order valence-corrected chi connectivity index (χ2v) is 11.7. The van der Waals surface area contributed by atoms with Crippen molar-refractivity contribution in [3.8, 4) is 0 Å². The van der Waals surface area contributed by atoms with Gasteiger partial charge in [0.25, 0.3) is 15.9 Å². The lowest BCUT2D eigenvalue weighted by molar-refractivity contribution is -0.137. The Balaban J connectivity index is 1.76. The molecule has 1 aliphatic heterocycles. The number of nitrogens with two attached hydrogens (primary N) is 1. The molecule has 2 atom stereocenters. The first-order chi connectivity index (χ1) is 18.7. The molecule has 1 aliphatic rings. The van der Waals surface area contributed by atoms with Gasteiger partial charge in [-0.05, 0) is 43.3 Å². The first kappa shape index (κ1) is 29.6. The van der Waals surface area contributed by atoms with Crippen LogP contribution in [0.4, 0.5) is 24.5 Å². The minimum atomic E-state index is -4.78. The van der Waals surface area contributed by atoms with Crippen LogP contribution >= 0.6 is 23.2 Å². The van der Waals surface area contributed by atoms with Gasteiger partial charge in [0, 0.05) is 6.42 Å². The molecule has 15 heteroatoms. The Kier molecular flexibility index (Phi) is 8.31. The van der Waals surface area contributed by atoms with Crippen molar-refractivity contribution in [1.82, 2.24) is 10.3 Å². The van der Waals surface area contributed by atoms with E-state index in [1.807, 2.05) is 0 Å². The highest BCUT2D eigenvalue weighted by Gasteiger charge is 2.37. The fourth-order valence-electron chi connectivity index (χ4n) is 4.04. The molecule has 0 radical (unpaired) electrons. The molecule has 4 rings (SSSR count). The lowest BCUT2D eigenvalue weighted by Gasteiger charge is -2.35. The molecule has 212 valence electrons. The number of fused-ring (bicyclic) bond motifs is 1. The lowest BCUT2D eigenvalue weighted by atomic mass is 10.0. The third-order valence-corrected chi connectivity index (χ3v) is 8.40. The average Bonchev–Trinajstić information content (AvgIpc) is 2.87. The van der Waals surface area contributed by atoms with E-state index in [4.69, 9.17) is 28.9 Å². The Hall–Kier alpha value is -3.39. The molecular weight excluding hydrogens is 594 g/mol. The zero-order valence-electron chi connectivity index (χ0n) is 20.7. The minimum absolute atomic E-state index is 0.00626. The molecule has 2 heterocycles. The highest BCUT2D eigenvalue weighted by molar-refractivity contribution is 7.92. The number of hydrogen-bond acceptors (Lipinski definition) is 6. The number of halogens is 5. The van der Waals surface area contributed by atoms with Crippen LogP contribution in [0.15, 0.2) is 59.6 Å². The molecule has 0 saturated heterocycles. The van der Waals surface area contributed by atoms with Gasteiger partial charge in [-0.15, -0.1) is 0 Å². The zero-order valence-corrected chi connectivity index (χ0v) is 23.0. The van der Waals surface area contributed by atoms with Crippen LogP contribution in [0.2, 0.25) is 10.0 Å². The van der Waals surface area contributed by atoms with Crippen molar-refractivity contribution in [2.45, 2.75) is 36.5 Å². The van der Waals surface area contributed by atoms with Crippen LogP contribution in [0.25, 0.3) is 0 Å². The van der Waals surface area contributed by atoms with Crippen LogP contribution in [-0.4, -0.2) is 43.8 Å². The van der Waals surface area contributed by atoms with Crippen molar-refractivity contribution in [2.75, 3.05) is 16.2 Å². The summed E-state index contributed by atoms with van der Waals surface area (Å²) in [6.45, 7) is 1.11. The number of hydrogen-bond donors (Lipinski definition) is 3. The summed E-state index contributed by atoms with van der Waals surface area (Å²) in [6, 6.07) is 7.42. The number of benzene rings is 2. The second kappa shape index (κ2) is 11.2. The molecule has 1 aromatic heterocycles. The molecule has 2 unspecified atom stereocenters. The summed E-state index contributed by atoms with van der Waals surface area (Å²) in [5, 5.41) is 5.36. The number of aromatic nitrogens is 1. The first-order valence-electron chi connectivity index (χ1n) is 11.7. The number of rotatable bonds is 6. The molecule has 4 N–H and O–H groups in total. The molecule has 9 nitrogen and oxygen atoms in total. The number of nitrogens with one attached hydrogen (secondary N) is 2. The van der Waals surface area contributed by atoms with E-state index in [0.717, 1.165) is 22.5 Å². The van der Waals surface area contributed by atoms with Gasteiger partial charge in [-0.1, -0.05) is 35.3 Å². The SMILES string of the molecule is CC(N)C(=O)NC1Cc2ncc(NC(=O)c3c(Cl)cccc3Cl)cc2N(S(=O)(=O)c2cccc(C(F)(F)F)c2)C1. The van der Waals surface area contributed by atoms with Gasteiger partial charge >= 0.3 is 6.18 Å². The van der Waals surface area contributed by atoms with Gasteiger partial charge in [-0.2, -0.15) is 13.2 Å². The third-order valence-electron chi connectivity index (χ3n) is 6.00. The lowest BCUT2D eigenvalue weighted by Crippen LogP contribution is -2.53. The van der Waals surface area contributed by atoms with Gasteiger partial charge < -0.3 is 16.4 Å². The maximum atomic E-state index is 13.7. The van der Waals surface area contributed by atoms with Crippen LogP contribution in [0.5, 0.6) is 0 Å². The molecule has 0 aliphatic carbocycles. The van der Waals surface area contributed by atoms with Gasteiger partial charge in [0.1, 0.15) is 0 Å². The summed E-state index contributed by atoms with van der Waals surface area (Å²) in [4.78, 5) is 28.8. The van der Waals surface area contributed by atoms with Crippen LogP contribution in [-0.2, 0) is 27.4 Å². The maximum Gasteiger partial charge on any atom is 0.416 e. The van der Waals surface area contributed by atoms with Gasteiger partial charge in [0.15, 0.2) is 0 Å². The number of anilines is 2. The van der Waals surface area contributed by atoms with Gasteiger partial charge in [-0.3, -0.25) is 18.9 Å². The minimum Gasteiger partial charge on any atom is -0.350 e. The second-order valence-electron chi connectivity index (χ2n) is 9.00. The molecule has 3 aromatic rings. The summed E-state index contributed by atoms with van der Waals surface area (Å²) in [5.41, 5.74) is 4.75. The molecular formula is C25H22Cl2F3N5O4S. The summed E-state index contributed by atoms with van der Waals surface area (Å²) in [7, 11) is -4.60. The molecule has 0 bridgehead atoms. The highest BCUT2D eigenvalue weighted by Crippen LogP contribution is 2.36. The fraction of sp³-hybridized carbons (Fsp3) is 0.240. The van der Waals surface area contributed by atoms with E-state index in [1.165, 1.54) is 31.3 Å². The quantitative estimate of drug-likeness (QED) is 0.380. The summed E-state index contributed by atoms with van der Waals surface area (Å²) < 4.78 is 68.3. The van der Waals surface area contributed by atoms with Crippen molar-refractivity contribution in [1.29, 1.82) is 0 Å². The summed E-state index contributed by atoms with van der Waals surface area (Å²) >= 11 is 12.2. The molecule has 0 fully saturated rings. The number of amides is 2. The van der Waals surface area contributed by atoms with Gasteiger partial charge in [0.05, 0.1) is 68.0 Å². The predicted octanol–water partition coefficient (Wildman–Crippen LogP) is 4.24. The zero-order chi connectivity index (χ0) is 29.4. The topological polar surface area (TPSA) is 134 Å². The number of carbonyl (C=O) groups is 2. The maximum absolute atomic E-state index is 13.7. The molecule has 2 aromatic carbocycles. The Morgan fingerprint density at radius 3 is 2.40 bits per heavy atom. The van der Waals surface area contributed by atoms with Crippen LogP contribution in [0.1, 0.15) is 28.5 Å². The first-order valence-corrected chi connectivity index (χ1v) is 13.9. The number of sulfonamides is 1. The molecule has 0 saturated carbocycles. The van der Waals surface area contributed by atoms with Gasteiger partial charge in [-0.25, -0.2) is 8.42 Å². The van der Waals surface area contributed by atoms with E-state index >= 15 is 0 Å². The van der Waals surface area contributed by atoms with Crippen LogP contribution in [0.3, 0.4) is 0 Å².